The van der Waals surface area contributed by atoms with Gasteiger partial charge >= 0.3 is 0 Å². The third kappa shape index (κ3) is 4.59. The largest absolute Gasteiger partial charge is 0.383 e. The molecule has 164 valence electrons. The van der Waals surface area contributed by atoms with E-state index in [1.54, 1.807) is 4.68 Å². The predicted octanol–water partition coefficient (Wildman–Crippen LogP) is 3.16. The van der Waals surface area contributed by atoms with E-state index in [0.717, 1.165) is 23.4 Å². The normalized spacial score (nSPS) is 14.5. The third-order valence-electron chi connectivity index (χ3n) is 5.37. The van der Waals surface area contributed by atoms with Crippen molar-refractivity contribution in [1.82, 2.24) is 35.0 Å². The fourth-order valence-corrected chi connectivity index (χ4v) is 3.56. The van der Waals surface area contributed by atoms with E-state index in [1.165, 1.54) is 29.7 Å². The van der Waals surface area contributed by atoms with E-state index in [-0.39, 0.29) is 12.1 Å². The summed E-state index contributed by atoms with van der Waals surface area (Å²) < 4.78 is 31.1. The Balaban J connectivity index is 1.56. The van der Waals surface area contributed by atoms with Crippen molar-refractivity contribution in [3.8, 4) is 5.69 Å². The number of aromatic nitrogens is 7. The molecule has 2 atom stereocenters. The van der Waals surface area contributed by atoms with Gasteiger partial charge in [0.15, 0.2) is 0 Å². The highest BCUT2D eigenvalue weighted by molar-refractivity contribution is 5.53. The molecule has 0 aliphatic rings. The monoisotopic (exact) mass is 437 g/mol. The van der Waals surface area contributed by atoms with Gasteiger partial charge in [-0.25, -0.2) is 23.1 Å². The lowest BCUT2D eigenvalue weighted by Gasteiger charge is -2.34. The number of aliphatic hydroxyl groups is 1. The summed E-state index contributed by atoms with van der Waals surface area (Å²) in [5.41, 5.74) is 0.0968. The molecule has 0 saturated carbocycles. The molecule has 2 aromatic heterocycles. The SMILES string of the molecule is C[C@@H](C/C=C/c1cccc(-n2cnnn2)c1)[C@](O)(Cn1cncn1)c1ccc(F)cc1F. The lowest BCUT2D eigenvalue weighted by Crippen LogP contribution is -2.39. The molecule has 8 nitrogen and oxygen atoms in total. The highest BCUT2D eigenvalue weighted by atomic mass is 19.1. The van der Waals surface area contributed by atoms with E-state index in [0.29, 0.717) is 6.42 Å². The number of nitrogens with zero attached hydrogens (tertiary/aromatic N) is 7. The van der Waals surface area contributed by atoms with Crippen molar-refractivity contribution >= 4 is 6.08 Å². The topological polar surface area (TPSA) is 94.5 Å². The average Bonchev–Trinajstić information content (AvgIpc) is 3.48. The molecule has 4 rings (SSSR count). The number of allylic oxidation sites excluding steroid dienone is 1. The summed E-state index contributed by atoms with van der Waals surface area (Å²) in [7, 11) is 0. The number of halogens is 2. The number of hydrogen-bond donors (Lipinski definition) is 1. The smallest absolute Gasteiger partial charge is 0.143 e. The van der Waals surface area contributed by atoms with E-state index < -0.39 is 23.2 Å². The molecule has 1 N–H and O–H groups in total. The molecule has 0 saturated heterocycles. The zero-order valence-corrected chi connectivity index (χ0v) is 17.3. The van der Waals surface area contributed by atoms with E-state index in [9.17, 15) is 13.9 Å². The maximum absolute atomic E-state index is 14.6. The summed E-state index contributed by atoms with van der Waals surface area (Å²) in [5.74, 6) is -1.94. The maximum atomic E-state index is 14.6. The van der Waals surface area contributed by atoms with Crippen molar-refractivity contribution in [1.29, 1.82) is 0 Å². The summed E-state index contributed by atoms with van der Waals surface area (Å²) in [4.78, 5) is 3.88. The predicted molar refractivity (Wildman–Crippen MR) is 112 cm³/mol. The van der Waals surface area contributed by atoms with Crippen LogP contribution in [-0.4, -0.2) is 40.1 Å². The second kappa shape index (κ2) is 9.15. The van der Waals surface area contributed by atoms with Gasteiger partial charge in [0.25, 0.3) is 0 Å². The number of rotatable bonds is 8. The molecule has 0 aliphatic carbocycles. The minimum Gasteiger partial charge on any atom is -0.383 e. The van der Waals surface area contributed by atoms with Gasteiger partial charge in [0, 0.05) is 11.6 Å². The van der Waals surface area contributed by atoms with Crippen molar-refractivity contribution in [3.05, 3.63) is 90.3 Å². The third-order valence-corrected chi connectivity index (χ3v) is 5.37. The molecule has 0 radical (unpaired) electrons. The Hall–Kier alpha value is -3.79. The van der Waals surface area contributed by atoms with Gasteiger partial charge in [0.1, 0.15) is 36.2 Å². The van der Waals surface area contributed by atoms with Crippen LogP contribution in [0.4, 0.5) is 8.78 Å². The van der Waals surface area contributed by atoms with Gasteiger partial charge in [-0.1, -0.05) is 37.3 Å². The van der Waals surface area contributed by atoms with Crippen LogP contribution in [0.1, 0.15) is 24.5 Å². The fraction of sp³-hybridized carbons (Fsp3) is 0.227. The van der Waals surface area contributed by atoms with Gasteiger partial charge in [-0.05, 0) is 46.5 Å². The number of benzene rings is 2. The Labute approximate surface area is 182 Å². The molecule has 2 heterocycles. The highest BCUT2D eigenvalue weighted by Gasteiger charge is 2.38. The Morgan fingerprint density at radius 3 is 2.75 bits per heavy atom. The molecule has 0 bridgehead atoms. The van der Waals surface area contributed by atoms with Crippen LogP contribution >= 0.6 is 0 Å². The molecule has 0 aliphatic heterocycles. The number of tetrazole rings is 1. The Morgan fingerprint density at radius 2 is 2.03 bits per heavy atom. The first-order valence-electron chi connectivity index (χ1n) is 9.96. The van der Waals surface area contributed by atoms with Crippen LogP contribution in [0.2, 0.25) is 0 Å². The van der Waals surface area contributed by atoms with E-state index in [4.69, 9.17) is 0 Å². The lowest BCUT2D eigenvalue weighted by molar-refractivity contribution is -0.0379. The molecular weight excluding hydrogens is 416 g/mol. The highest BCUT2D eigenvalue weighted by Crippen LogP contribution is 2.35. The molecule has 4 aromatic rings. The van der Waals surface area contributed by atoms with Crippen molar-refractivity contribution in [2.24, 2.45) is 5.92 Å². The average molecular weight is 437 g/mol. The molecule has 32 heavy (non-hydrogen) atoms. The molecular formula is C22H21F2N7O. The second-order valence-electron chi connectivity index (χ2n) is 7.53. The molecule has 2 aromatic carbocycles. The van der Waals surface area contributed by atoms with Crippen molar-refractivity contribution in [3.63, 3.8) is 0 Å². The van der Waals surface area contributed by atoms with E-state index in [1.807, 2.05) is 43.3 Å². The Bertz CT molecular complexity index is 1190. The quantitative estimate of drug-likeness (QED) is 0.455. The first-order valence-corrected chi connectivity index (χ1v) is 9.96. The van der Waals surface area contributed by atoms with E-state index >= 15 is 0 Å². The molecule has 0 spiro atoms. The first kappa shape index (κ1) is 21.4. The van der Waals surface area contributed by atoms with Crippen molar-refractivity contribution in [2.75, 3.05) is 0 Å². The second-order valence-corrected chi connectivity index (χ2v) is 7.53. The van der Waals surface area contributed by atoms with Crippen LogP contribution in [0, 0.1) is 17.6 Å². The summed E-state index contributed by atoms with van der Waals surface area (Å²) in [6.45, 7) is 1.78. The molecule has 0 unspecified atom stereocenters. The van der Waals surface area contributed by atoms with Crippen molar-refractivity contribution in [2.45, 2.75) is 25.5 Å². The van der Waals surface area contributed by atoms with Gasteiger partial charge in [0.05, 0.1) is 12.2 Å². The zero-order chi connectivity index (χ0) is 22.6. The lowest BCUT2D eigenvalue weighted by atomic mass is 9.80. The minimum absolute atomic E-state index is 0.0102. The Morgan fingerprint density at radius 1 is 1.16 bits per heavy atom. The first-order chi connectivity index (χ1) is 15.5. The number of hydrogen-bond acceptors (Lipinski definition) is 6. The van der Waals surface area contributed by atoms with Gasteiger partial charge in [-0.2, -0.15) is 5.10 Å². The summed E-state index contributed by atoms with van der Waals surface area (Å²) in [6, 6.07) is 10.8. The zero-order valence-electron chi connectivity index (χ0n) is 17.3. The standard InChI is InChI=1S/C22H21F2N7O/c1-16(4-2-5-17-6-3-7-19(10-17)31-15-26-28-29-31)22(32,12-30-14-25-13-27-30)20-9-8-18(23)11-21(20)24/h2-3,5-11,13-16,32H,4,12H2,1H3/b5-2+/t16-,22+/m0/s1. The van der Waals surface area contributed by atoms with Crippen LogP contribution in [-0.2, 0) is 12.1 Å². The molecule has 10 heteroatoms. The van der Waals surface area contributed by atoms with Crippen LogP contribution in [0.25, 0.3) is 11.8 Å². The van der Waals surface area contributed by atoms with E-state index in [2.05, 4.69) is 25.6 Å². The van der Waals surface area contributed by atoms with Crippen LogP contribution in [0.5, 0.6) is 0 Å². The Kier molecular flexibility index (Phi) is 6.13. The molecule has 0 fully saturated rings. The van der Waals surface area contributed by atoms with Crippen LogP contribution in [0.15, 0.2) is 67.5 Å². The van der Waals surface area contributed by atoms with Gasteiger partial charge in [0.2, 0.25) is 0 Å². The van der Waals surface area contributed by atoms with Gasteiger partial charge in [-0.15, -0.1) is 5.10 Å². The fourth-order valence-electron chi connectivity index (χ4n) is 3.56. The summed E-state index contributed by atoms with van der Waals surface area (Å²) >= 11 is 0. The van der Waals surface area contributed by atoms with Gasteiger partial charge < -0.3 is 5.11 Å². The molecule has 0 amide bonds. The minimum atomic E-state index is -1.63. The summed E-state index contributed by atoms with van der Waals surface area (Å²) in [5, 5.41) is 26.7. The van der Waals surface area contributed by atoms with Crippen molar-refractivity contribution < 1.29 is 13.9 Å². The van der Waals surface area contributed by atoms with Gasteiger partial charge in [-0.3, -0.25) is 0 Å². The maximum Gasteiger partial charge on any atom is 0.143 e. The van der Waals surface area contributed by atoms with Crippen LogP contribution in [0.3, 0.4) is 0 Å². The summed E-state index contributed by atoms with van der Waals surface area (Å²) in [6.07, 6.45) is 8.52. The van der Waals surface area contributed by atoms with Crippen LogP contribution < -0.4 is 0 Å².